The highest BCUT2D eigenvalue weighted by molar-refractivity contribution is 5.94. The van der Waals surface area contributed by atoms with Gasteiger partial charge in [-0.2, -0.15) is 0 Å². The lowest BCUT2D eigenvalue weighted by molar-refractivity contribution is -0.143. The number of carbonyl (C=O) groups excluding carboxylic acids is 3. The minimum Gasteiger partial charge on any atom is -0.481 e. The number of aliphatic carboxylic acids is 2. The zero-order valence-electron chi connectivity index (χ0n) is 22.0. The van der Waals surface area contributed by atoms with Crippen molar-refractivity contribution in [2.24, 2.45) is 17.6 Å². The van der Waals surface area contributed by atoms with Crippen molar-refractivity contribution in [2.45, 2.75) is 71.1 Å². The van der Waals surface area contributed by atoms with Crippen molar-refractivity contribution < 1.29 is 34.2 Å². The maximum absolute atomic E-state index is 13.1. The van der Waals surface area contributed by atoms with Crippen LogP contribution >= 0.6 is 0 Å². The molecule has 0 radical (unpaired) electrons. The molecule has 0 bridgehead atoms. The lowest BCUT2D eigenvalue weighted by Crippen LogP contribution is -2.59. The highest BCUT2D eigenvalue weighted by atomic mass is 16.4. The number of benzene rings is 1. The topological polar surface area (TPSA) is 204 Å². The summed E-state index contributed by atoms with van der Waals surface area (Å²) in [7, 11) is 0. The van der Waals surface area contributed by atoms with Crippen LogP contribution in [0.1, 0.15) is 46.1 Å². The number of carbonyl (C=O) groups is 5. The fourth-order valence-corrected chi connectivity index (χ4v) is 3.88. The first kappa shape index (κ1) is 30.3. The fraction of sp³-hybridized carbons (Fsp3) is 0.500. The van der Waals surface area contributed by atoms with Crippen LogP contribution in [-0.4, -0.2) is 69.0 Å². The number of hydrogen-bond donors (Lipinski definition) is 7. The molecule has 2 rings (SSSR count). The highest BCUT2D eigenvalue weighted by Gasteiger charge is 2.32. The van der Waals surface area contributed by atoms with Crippen LogP contribution in [0.3, 0.4) is 0 Å². The van der Waals surface area contributed by atoms with Crippen molar-refractivity contribution in [3.63, 3.8) is 0 Å². The second kappa shape index (κ2) is 13.6. The second-order valence-electron chi connectivity index (χ2n) is 9.96. The Balaban J connectivity index is 2.20. The van der Waals surface area contributed by atoms with Crippen LogP contribution in [0.5, 0.6) is 0 Å². The molecule has 1 aromatic heterocycles. The van der Waals surface area contributed by atoms with Gasteiger partial charge in [0.05, 0.1) is 6.04 Å². The zero-order chi connectivity index (χ0) is 28.6. The van der Waals surface area contributed by atoms with E-state index in [0.717, 1.165) is 10.9 Å². The Kier molecular flexibility index (Phi) is 10.8. The van der Waals surface area contributed by atoms with Gasteiger partial charge in [-0.3, -0.25) is 19.2 Å². The Bertz CT molecular complexity index is 1160. The number of H-pyrrole nitrogens is 1. The lowest BCUT2D eigenvalue weighted by Gasteiger charge is -2.27. The van der Waals surface area contributed by atoms with Crippen LogP contribution < -0.4 is 21.7 Å². The molecular formula is C26H37N5O7. The molecule has 4 unspecified atom stereocenters. The number of fused-ring (bicyclic) bond motifs is 1. The number of carboxylic acids is 2. The average molecular weight is 532 g/mol. The standard InChI is InChI=1S/C26H37N5O7/c1-13(2)21(27)24(35)31-22(14(3)4)25(36)29-18(9-10-20(32)33)23(34)30-19(26(37)38)11-15-12-28-17-8-6-5-7-16(15)17/h5-8,12-14,18-19,21-22,28H,9-11,27H2,1-4H3,(H,29,36)(H,30,34)(H,31,35)(H,32,33)(H,37,38). The lowest BCUT2D eigenvalue weighted by atomic mass is 9.99. The number of rotatable bonds is 14. The molecule has 0 aliphatic carbocycles. The smallest absolute Gasteiger partial charge is 0.326 e. The van der Waals surface area contributed by atoms with Crippen LogP contribution in [0, 0.1) is 11.8 Å². The maximum atomic E-state index is 13.1. The first-order chi connectivity index (χ1) is 17.8. The van der Waals surface area contributed by atoms with Gasteiger partial charge in [0.2, 0.25) is 17.7 Å². The summed E-state index contributed by atoms with van der Waals surface area (Å²) in [5, 5.41) is 27.2. The van der Waals surface area contributed by atoms with Crippen LogP contribution in [0.2, 0.25) is 0 Å². The zero-order valence-corrected chi connectivity index (χ0v) is 22.0. The molecule has 8 N–H and O–H groups in total. The summed E-state index contributed by atoms with van der Waals surface area (Å²) in [5.74, 6) is -5.13. The Labute approximate surface area is 220 Å². The number of amides is 3. The quantitative estimate of drug-likeness (QED) is 0.185. The molecule has 0 aliphatic heterocycles. The van der Waals surface area contributed by atoms with Crippen molar-refractivity contribution >= 4 is 40.6 Å². The molecule has 12 nitrogen and oxygen atoms in total. The number of carboxylic acid groups (broad SMARTS) is 2. The van der Waals surface area contributed by atoms with E-state index in [4.69, 9.17) is 10.8 Å². The fourth-order valence-electron chi connectivity index (χ4n) is 3.88. The summed E-state index contributed by atoms with van der Waals surface area (Å²) >= 11 is 0. The summed E-state index contributed by atoms with van der Waals surface area (Å²) in [4.78, 5) is 64.9. The van der Waals surface area contributed by atoms with Gasteiger partial charge < -0.3 is 36.9 Å². The van der Waals surface area contributed by atoms with E-state index in [9.17, 15) is 29.1 Å². The van der Waals surface area contributed by atoms with Crippen LogP contribution in [0.4, 0.5) is 0 Å². The number of nitrogens with one attached hydrogen (secondary N) is 4. The van der Waals surface area contributed by atoms with Crippen molar-refractivity contribution in [3.8, 4) is 0 Å². The molecule has 2 aromatic rings. The third-order valence-electron chi connectivity index (χ3n) is 6.26. The number of nitrogens with two attached hydrogens (primary N) is 1. The van der Waals surface area contributed by atoms with Gasteiger partial charge in [-0.25, -0.2) is 4.79 Å². The van der Waals surface area contributed by atoms with E-state index in [1.807, 2.05) is 24.3 Å². The highest BCUT2D eigenvalue weighted by Crippen LogP contribution is 2.19. The minimum atomic E-state index is -1.35. The van der Waals surface area contributed by atoms with Crippen molar-refractivity contribution in [1.82, 2.24) is 20.9 Å². The largest absolute Gasteiger partial charge is 0.481 e. The monoisotopic (exact) mass is 531 g/mol. The summed E-state index contributed by atoms with van der Waals surface area (Å²) in [6.45, 7) is 6.91. The van der Waals surface area contributed by atoms with Crippen LogP contribution in [-0.2, 0) is 30.4 Å². The van der Waals surface area contributed by atoms with Gasteiger partial charge in [0.25, 0.3) is 0 Å². The molecule has 0 spiro atoms. The summed E-state index contributed by atoms with van der Waals surface area (Å²) in [6, 6.07) is 2.72. The summed E-state index contributed by atoms with van der Waals surface area (Å²) in [6.07, 6.45) is 0.892. The number of aromatic nitrogens is 1. The van der Waals surface area contributed by atoms with E-state index >= 15 is 0 Å². The van der Waals surface area contributed by atoms with Crippen LogP contribution in [0.15, 0.2) is 30.5 Å². The summed E-state index contributed by atoms with van der Waals surface area (Å²) < 4.78 is 0. The van der Waals surface area contributed by atoms with Gasteiger partial charge >= 0.3 is 11.9 Å². The van der Waals surface area contributed by atoms with E-state index in [0.29, 0.717) is 5.56 Å². The molecule has 0 saturated heterocycles. The van der Waals surface area contributed by atoms with Gasteiger partial charge in [0, 0.05) is 29.9 Å². The van der Waals surface area contributed by atoms with Gasteiger partial charge in [-0.1, -0.05) is 45.9 Å². The molecule has 3 amide bonds. The number of para-hydroxylation sites is 1. The average Bonchev–Trinajstić information content (AvgIpc) is 3.26. The predicted octanol–water partition coefficient (Wildman–Crippen LogP) is 0.754. The van der Waals surface area contributed by atoms with Crippen LogP contribution in [0.25, 0.3) is 10.9 Å². The molecule has 0 saturated carbocycles. The SMILES string of the molecule is CC(C)C(N)C(=O)NC(C(=O)NC(CCC(=O)O)C(=O)NC(Cc1c[nH]c2ccccc12)C(=O)O)C(C)C. The first-order valence-electron chi connectivity index (χ1n) is 12.5. The Morgan fingerprint density at radius 2 is 1.50 bits per heavy atom. The molecular weight excluding hydrogens is 494 g/mol. The van der Waals surface area contributed by atoms with E-state index in [1.54, 1.807) is 33.9 Å². The van der Waals surface area contributed by atoms with E-state index in [2.05, 4.69) is 20.9 Å². The molecule has 38 heavy (non-hydrogen) atoms. The minimum absolute atomic E-state index is 0.0392. The van der Waals surface area contributed by atoms with Gasteiger partial charge in [0.1, 0.15) is 18.1 Å². The number of hydrogen-bond acceptors (Lipinski definition) is 6. The van der Waals surface area contributed by atoms with Gasteiger partial charge in [-0.15, -0.1) is 0 Å². The summed E-state index contributed by atoms with van der Waals surface area (Å²) in [5.41, 5.74) is 7.36. The first-order valence-corrected chi connectivity index (χ1v) is 12.5. The van der Waals surface area contributed by atoms with Crippen molar-refractivity contribution in [1.29, 1.82) is 0 Å². The van der Waals surface area contributed by atoms with Crippen molar-refractivity contribution in [2.75, 3.05) is 0 Å². The number of aromatic amines is 1. The molecule has 0 aliphatic rings. The molecule has 12 heteroatoms. The molecule has 1 aromatic carbocycles. The molecule has 0 fully saturated rings. The van der Waals surface area contributed by atoms with E-state index in [1.165, 1.54) is 0 Å². The van der Waals surface area contributed by atoms with Crippen molar-refractivity contribution in [3.05, 3.63) is 36.0 Å². The van der Waals surface area contributed by atoms with E-state index < -0.39 is 60.2 Å². The Hall–Kier alpha value is -3.93. The molecule has 1 heterocycles. The Morgan fingerprint density at radius 1 is 0.868 bits per heavy atom. The van der Waals surface area contributed by atoms with E-state index in [-0.39, 0.29) is 24.7 Å². The van der Waals surface area contributed by atoms with Gasteiger partial charge in [-0.05, 0) is 29.9 Å². The maximum Gasteiger partial charge on any atom is 0.326 e. The molecule has 4 atom stereocenters. The normalized spacial score (nSPS) is 14.5. The Morgan fingerprint density at radius 3 is 2.08 bits per heavy atom. The second-order valence-corrected chi connectivity index (χ2v) is 9.96. The van der Waals surface area contributed by atoms with Gasteiger partial charge in [0.15, 0.2) is 0 Å². The third kappa shape index (κ3) is 8.30. The predicted molar refractivity (Wildman–Crippen MR) is 140 cm³/mol. The third-order valence-corrected chi connectivity index (χ3v) is 6.26. The molecule has 208 valence electrons.